The Kier molecular flexibility index (Phi) is 5.94. The van der Waals surface area contributed by atoms with Crippen LogP contribution in [0.4, 0.5) is 0 Å². The van der Waals surface area contributed by atoms with Gasteiger partial charge in [-0.2, -0.15) is 0 Å². The molecule has 1 heterocycles. The molecule has 4 rings (SSSR count). The van der Waals surface area contributed by atoms with Crippen LogP contribution in [0.15, 0.2) is 89.8 Å². The van der Waals surface area contributed by atoms with E-state index in [0.29, 0.717) is 10.6 Å². The Bertz CT molecular complexity index is 1300. The number of amides is 1. The van der Waals surface area contributed by atoms with E-state index in [0.717, 1.165) is 21.7 Å². The summed E-state index contributed by atoms with van der Waals surface area (Å²) in [6.07, 6.45) is 0. The molecule has 6 nitrogen and oxygen atoms in total. The van der Waals surface area contributed by atoms with E-state index in [1.807, 2.05) is 60.7 Å². The van der Waals surface area contributed by atoms with Gasteiger partial charge in [-0.15, -0.1) is 11.3 Å². The quantitative estimate of drug-likeness (QED) is 0.463. The fourth-order valence-electron chi connectivity index (χ4n) is 3.03. The summed E-state index contributed by atoms with van der Waals surface area (Å²) in [5, 5.41) is 8.79. The fraction of sp³-hybridized carbons (Fsp3) is 0.0435. The highest BCUT2D eigenvalue weighted by Gasteiger charge is 2.20. The number of nitrogens with one attached hydrogen (secondary N) is 1. The van der Waals surface area contributed by atoms with Crippen molar-refractivity contribution in [2.45, 2.75) is 11.4 Å². The lowest BCUT2D eigenvalue weighted by molar-refractivity contribution is 0.0955. The molecular formula is C23H19N3O3S2. The van der Waals surface area contributed by atoms with E-state index in [1.165, 1.54) is 23.5 Å². The minimum absolute atomic E-state index is 0.0314. The maximum absolute atomic E-state index is 13.0. The zero-order chi connectivity index (χ0) is 21.8. The minimum Gasteiger partial charge on any atom is -0.347 e. The van der Waals surface area contributed by atoms with Gasteiger partial charge >= 0.3 is 0 Å². The second kappa shape index (κ2) is 8.81. The molecule has 156 valence electrons. The van der Waals surface area contributed by atoms with Gasteiger partial charge in [-0.05, 0) is 17.7 Å². The molecule has 0 saturated carbocycles. The molecule has 0 saturated heterocycles. The van der Waals surface area contributed by atoms with Crippen LogP contribution >= 0.6 is 11.3 Å². The number of rotatable bonds is 6. The number of aromatic nitrogens is 1. The van der Waals surface area contributed by atoms with Crippen molar-refractivity contribution < 1.29 is 13.2 Å². The number of carbonyl (C=O) groups excluding carboxylic acids is 1. The number of thiazole rings is 1. The van der Waals surface area contributed by atoms with E-state index < -0.39 is 10.0 Å². The number of primary sulfonamides is 1. The van der Waals surface area contributed by atoms with E-state index in [4.69, 9.17) is 10.1 Å². The van der Waals surface area contributed by atoms with Gasteiger partial charge in [0.05, 0.1) is 10.6 Å². The van der Waals surface area contributed by atoms with Gasteiger partial charge in [-0.25, -0.2) is 18.5 Å². The van der Waals surface area contributed by atoms with Crippen LogP contribution in [0.5, 0.6) is 0 Å². The molecule has 0 aliphatic heterocycles. The van der Waals surface area contributed by atoms with Crippen molar-refractivity contribution in [1.29, 1.82) is 0 Å². The first kappa shape index (κ1) is 20.9. The summed E-state index contributed by atoms with van der Waals surface area (Å²) < 4.78 is 22.8. The third-order valence-electron chi connectivity index (χ3n) is 4.61. The van der Waals surface area contributed by atoms with Gasteiger partial charge in [-0.1, -0.05) is 72.8 Å². The number of carbonyl (C=O) groups is 1. The van der Waals surface area contributed by atoms with Gasteiger partial charge in [0.2, 0.25) is 10.0 Å². The van der Waals surface area contributed by atoms with Crippen LogP contribution in [0.1, 0.15) is 15.2 Å². The third kappa shape index (κ3) is 4.88. The van der Waals surface area contributed by atoms with Gasteiger partial charge < -0.3 is 5.32 Å². The van der Waals surface area contributed by atoms with Gasteiger partial charge in [0.1, 0.15) is 9.88 Å². The topological polar surface area (TPSA) is 102 Å². The summed E-state index contributed by atoms with van der Waals surface area (Å²) in [4.78, 5) is 18.3. The zero-order valence-corrected chi connectivity index (χ0v) is 18.0. The van der Waals surface area contributed by atoms with Crippen molar-refractivity contribution in [2.24, 2.45) is 5.14 Å². The SMILES string of the molecule is NS(=O)(=O)c1ccc(CNC(=O)c2sc(-c3ccccc3)nc2-c2ccccc2)cc1. The van der Waals surface area contributed by atoms with Crippen molar-refractivity contribution in [1.82, 2.24) is 10.3 Å². The maximum atomic E-state index is 13.0. The Morgan fingerprint density at radius 3 is 2.03 bits per heavy atom. The van der Waals surface area contributed by atoms with E-state index >= 15 is 0 Å². The lowest BCUT2D eigenvalue weighted by Gasteiger charge is -2.06. The summed E-state index contributed by atoms with van der Waals surface area (Å²) in [5.74, 6) is -0.242. The highest BCUT2D eigenvalue weighted by Crippen LogP contribution is 2.33. The summed E-state index contributed by atoms with van der Waals surface area (Å²) in [5.41, 5.74) is 3.20. The van der Waals surface area contributed by atoms with Crippen molar-refractivity contribution in [2.75, 3.05) is 0 Å². The summed E-state index contributed by atoms with van der Waals surface area (Å²) in [7, 11) is -3.75. The van der Waals surface area contributed by atoms with Crippen molar-refractivity contribution >= 4 is 27.3 Å². The van der Waals surface area contributed by atoms with Gasteiger partial charge in [0.15, 0.2) is 0 Å². The number of benzene rings is 3. The molecule has 8 heteroatoms. The molecule has 0 aliphatic carbocycles. The normalized spacial score (nSPS) is 11.3. The highest BCUT2D eigenvalue weighted by molar-refractivity contribution is 7.89. The summed E-state index contributed by atoms with van der Waals surface area (Å²) >= 11 is 1.34. The Balaban J connectivity index is 1.60. The predicted octanol–water partition coefficient (Wildman–Crippen LogP) is 4.05. The molecule has 31 heavy (non-hydrogen) atoms. The number of hydrogen-bond donors (Lipinski definition) is 2. The number of hydrogen-bond acceptors (Lipinski definition) is 5. The molecule has 1 aromatic heterocycles. The molecular weight excluding hydrogens is 430 g/mol. The predicted molar refractivity (Wildman–Crippen MR) is 122 cm³/mol. The Labute approximate surface area is 184 Å². The molecule has 3 aromatic carbocycles. The van der Waals surface area contributed by atoms with Crippen molar-refractivity contribution in [3.05, 3.63) is 95.4 Å². The van der Waals surface area contributed by atoms with Gasteiger partial charge in [0.25, 0.3) is 5.91 Å². The molecule has 0 fully saturated rings. The standard InChI is InChI=1S/C23H19N3O3S2/c24-31(28,29)19-13-11-16(12-14-19)15-25-22(27)21-20(17-7-3-1-4-8-17)26-23(30-21)18-9-5-2-6-10-18/h1-14H,15H2,(H,25,27)(H2,24,28,29). The third-order valence-corrected chi connectivity index (χ3v) is 6.64. The number of nitrogens with two attached hydrogens (primary N) is 1. The number of nitrogens with zero attached hydrogens (tertiary/aromatic N) is 1. The lowest BCUT2D eigenvalue weighted by atomic mass is 10.1. The van der Waals surface area contributed by atoms with E-state index in [1.54, 1.807) is 12.1 Å². The van der Waals surface area contributed by atoms with Crippen LogP contribution in [-0.2, 0) is 16.6 Å². The monoisotopic (exact) mass is 449 g/mol. The van der Waals surface area contributed by atoms with Crippen LogP contribution in [0.3, 0.4) is 0 Å². The largest absolute Gasteiger partial charge is 0.347 e. The summed E-state index contributed by atoms with van der Waals surface area (Å²) in [6.45, 7) is 0.247. The van der Waals surface area contributed by atoms with Gasteiger partial charge in [0, 0.05) is 17.7 Å². The Hall–Kier alpha value is -3.33. The van der Waals surface area contributed by atoms with E-state index in [9.17, 15) is 13.2 Å². The summed E-state index contributed by atoms with van der Waals surface area (Å²) in [6, 6.07) is 25.4. The lowest BCUT2D eigenvalue weighted by Crippen LogP contribution is -2.22. The molecule has 0 radical (unpaired) electrons. The maximum Gasteiger partial charge on any atom is 0.263 e. The Morgan fingerprint density at radius 1 is 0.871 bits per heavy atom. The molecule has 4 aromatic rings. The second-order valence-electron chi connectivity index (χ2n) is 6.80. The smallest absolute Gasteiger partial charge is 0.263 e. The first-order valence-corrected chi connectivity index (χ1v) is 11.8. The van der Waals surface area contributed by atoms with Crippen LogP contribution < -0.4 is 10.5 Å². The van der Waals surface area contributed by atoms with Crippen LogP contribution in [0, 0.1) is 0 Å². The molecule has 1 amide bonds. The molecule has 3 N–H and O–H groups in total. The fourth-order valence-corrected chi connectivity index (χ4v) is 4.55. The average Bonchev–Trinajstić information content (AvgIpc) is 3.24. The van der Waals surface area contributed by atoms with Gasteiger partial charge in [-0.3, -0.25) is 4.79 Å². The zero-order valence-electron chi connectivity index (χ0n) is 16.4. The molecule has 0 atom stereocenters. The average molecular weight is 450 g/mol. The van der Waals surface area contributed by atoms with Crippen molar-refractivity contribution in [3.63, 3.8) is 0 Å². The molecule has 0 unspecified atom stereocenters. The first-order chi connectivity index (χ1) is 14.9. The van der Waals surface area contributed by atoms with Crippen LogP contribution in [-0.4, -0.2) is 19.3 Å². The minimum atomic E-state index is -3.75. The highest BCUT2D eigenvalue weighted by atomic mass is 32.2. The van der Waals surface area contributed by atoms with Crippen LogP contribution in [0.25, 0.3) is 21.8 Å². The van der Waals surface area contributed by atoms with E-state index in [-0.39, 0.29) is 17.3 Å². The van der Waals surface area contributed by atoms with E-state index in [2.05, 4.69) is 5.32 Å². The Morgan fingerprint density at radius 2 is 1.45 bits per heavy atom. The first-order valence-electron chi connectivity index (χ1n) is 9.43. The molecule has 0 spiro atoms. The van der Waals surface area contributed by atoms with Crippen molar-refractivity contribution in [3.8, 4) is 21.8 Å². The second-order valence-corrected chi connectivity index (χ2v) is 9.36. The van der Waals surface area contributed by atoms with Crippen LogP contribution in [0.2, 0.25) is 0 Å². The molecule has 0 bridgehead atoms. The number of sulfonamides is 1. The molecule has 0 aliphatic rings.